The van der Waals surface area contributed by atoms with E-state index in [0.717, 1.165) is 54.6 Å². The van der Waals surface area contributed by atoms with E-state index in [-0.39, 0.29) is 12.2 Å². The first-order valence-electron chi connectivity index (χ1n) is 8.89. The molecule has 3 aromatic rings. The van der Waals surface area contributed by atoms with Crippen molar-refractivity contribution >= 4 is 16.6 Å². The number of aliphatic hydroxyl groups excluding tert-OH is 1. The molecule has 5 nitrogen and oxygen atoms in total. The van der Waals surface area contributed by atoms with E-state index < -0.39 is 0 Å². The summed E-state index contributed by atoms with van der Waals surface area (Å²) < 4.78 is 5.94. The highest BCUT2D eigenvalue weighted by molar-refractivity contribution is 5.81. The number of fused-ring (bicyclic) bond motifs is 1. The Balaban J connectivity index is 1.38. The highest BCUT2D eigenvalue weighted by atomic mass is 16.5. The second-order valence-corrected chi connectivity index (χ2v) is 6.64. The quantitative estimate of drug-likeness (QED) is 0.661. The average Bonchev–Trinajstić information content (AvgIpc) is 3.12. The maximum Gasteiger partial charge on any atom is 0.124 e. The van der Waals surface area contributed by atoms with Crippen molar-refractivity contribution in [2.45, 2.75) is 44.4 Å². The summed E-state index contributed by atoms with van der Waals surface area (Å²) in [5, 5.41) is 21.7. The van der Waals surface area contributed by atoms with Crippen LogP contribution in [0.25, 0.3) is 10.9 Å². The molecule has 2 aromatic carbocycles. The van der Waals surface area contributed by atoms with E-state index in [2.05, 4.69) is 21.6 Å². The van der Waals surface area contributed by atoms with E-state index in [4.69, 9.17) is 4.74 Å². The molecule has 0 saturated heterocycles. The molecule has 3 N–H and O–H groups in total. The topological polar surface area (TPSA) is 70.2 Å². The third-order valence-corrected chi connectivity index (χ3v) is 4.86. The molecule has 0 radical (unpaired) electrons. The van der Waals surface area contributed by atoms with Crippen LogP contribution in [0.5, 0.6) is 5.75 Å². The molecule has 2 unspecified atom stereocenters. The molecule has 5 heteroatoms. The van der Waals surface area contributed by atoms with Crippen molar-refractivity contribution in [2.24, 2.45) is 0 Å². The molecule has 130 valence electrons. The van der Waals surface area contributed by atoms with Gasteiger partial charge in [-0.3, -0.25) is 5.10 Å². The number of benzene rings is 2. The Bertz CT molecular complexity index is 828. The van der Waals surface area contributed by atoms with Crippen molar-refractivity contribution in [3.63, 3.8) is 0 Å². The van der Waals surface area contributed by atoms with Gasteiger partial charge >= 0.3 is 0 Å². The van der Waals surface area contributed by atoms with Gasteiger partial charge in [0.15, 0.2) is 0 Å². The van der Waals surface area contributed by atoms with Crippen LogP contribution >= 0.6 is 0 Å². The lowest BCUT2D eigenvalue weighted by Gasteiger charge is -2.28. The Labute approximate surface area is 147 Å². The first-order valence-corrected chi connectivity index (χ1v) is 8.89. The third kappa shape index (κ3) is 3.61. The van der Waals surface area contributed by atoms with E-state index in [9.17, 15) is 5.11 Å². The number of rotatable bonds is 5. The van der Waals surface area contributed by atoms with Crippen molar-refractivity contribution in [3.05, 3.63) is 54.2 Å². The summed E-state index contributed by atoms with van der Waals surface area (Å²) in [6.45, 7) is 0.723. The van der Waals surface area contributed by atoms with Crippen LogP contribution in [-0.2, 0) is 6.54 Å². The summed E-state index contributed by atoms with van der Waals surface area (Å²) in [6.07, 6.45) is 5.39. The predicted octanol–water partition coefficient (Wildman–Crippen LogP) is 3.86. The zero-order valence-corrected chi connectivity index (χ0v) is 14.1. The first kappa shape index (κ1) is 16.0. The highest BCUT2D eigenvalue weighted by Crippen LogP contribution is 2.25. The molecule has 1 aliphatic rings. The normalized spacial score (nSPS) is 20.5. The molecule has 1 aliphatic carbocycles. The Kier molecular flexibility index (Phi) is 4.57. The number of aliphatic hydroxyl groups is 1. The number of ether oxygens (including phenoxy) is 1. The number of hydrogen-bond donors (Lipinski definition) is 3. The van der Waals surface area contributed by atoms with Gasteiger partial charge in [-0.1, -0.05) is 24.6 Å². The SMILES string of the molecule is OC1CCCCC1Oc1ccc(NCc2cccc3cn[nH]c23)cc1. The number of nitrogens with zero attached hydrogens (tertiary/aromatic N) is 1. The predicted molar refractivity (Wildman–Crippen MR) is 98.8 cm³/mol. The van der Waals surface area contributed by atoms with Crippen LogP contribution in [0.15, 0.2) is 48.7 Å². The lowest BCUT2D eigenvalue weighted by atomic mass is 9.95. The van der Waals surface area contributed by atoms with E-state index in [1.54, 1.807) is 0 Å². The fourth-order valence-electron chi connectivity index (χ4n) is 3.42. The summed E-state index contributed by atoms with van der Waals surface area (Å²) in [7, 11) is 0. The number of para-hydroxylation sites is 1. The Morgan fingerprint density at radius 2 is 1.96 bits per heavy atom. The highest BCUT2D eigenvalue weighted by Gasteiger charge is 2.24. The smallest absolute Gasteiger partial charge is 0.124 e. The molecule has 0 spiro atoms. The number of nitrogens with one attached hydrogen (secondary N) is 2. The molecular formula is C20H23N3O2. The van der Waals surface area contributed by atoms with Crippen molar-refractivity contribution in [1.82, 2.24) is 10.2 Å². The average molecular weight is 337 g/mol. The van der Waals surface area contributed by atoms with Gasteiger partial charge in [0, 0.05) is 17.6 Å². The number of anilines is 1. The van der Waals surface area contributed by atoms with Crippen molar-refractivity contribution in [2.75, 3.05) is 5.32 Å². The maximum absolute atomic E-state index is 10.0. The zero-order valence-electron chi connectivity index (χ0n) is 14.1. The Morgan fingerprint density at radius 3 is 2.80 bits per heavy atom. The fraction of sp³-hybridized carbons (Fsp3) is 0.350. The summed E-state index contributed by atoms with van der Waals surface area (Å²) in [5.74, 6) is 0.812. The summed E-state index contributed by atoms with van der Waals surface area (Å²) in [5.41, 5.74) is 3.29. The second-order valence-electron chi connectivity index (χ2n) is 6.64. The largest absolute Gasteiger partial charge is 0.488 e. The minimum atomic E-state index is -0.346. The van der Waals surface area contributed by atoms with Crippen LogP contribution in [0, 0.1) is 0 Å². The molecule has 1 fully saturated rings. The number of hydrogen-bond acceptors (Lipinski definition) is 4. The van der Waals surface area contributed by atoms with Gasteiger partial charge in [0.25, 0.3) is 0 Å². The Hall–Kier alpha value is -2.53. The van der Waals surface area contributed by atoms with Gasteiger partial charge in [-0.2, -0.15) is 5.10 Å². The van der Waals surface area contributed by atoms with Crippen LogP contribution in [0.4, 0.5) is 5.69 Å². The van der Waals surface area contributed by atoms with E-state index in [0.29, 0.717) is 0 Å². The van der Waals surface area contributed by atoms with Crippen LogP contribution in [0.1, 0.15) is 31.2 Å². The summed E-state index contributed by atoms with van der Waals surface area (Å²) in [4.78, 5) is 0. The lowest BCUT2D eigenvalue weighted by Crippen LogP contribution is -2.34. The monoisotopic (exact) mass is 337 g/mol. The fourth-order valence-corrected chi connectivity index (χ4v) is 3.42. The number of aromatic amines is 1. The standard InChI is InChI=1S/C20H23N3O2/c24-18-6-1-2-7-19(18)25-17-10-8-16(9-11-17)21-12-14-4-3-5-15-13-22-23-20(14)15/h3-5,8-11,13,18-19,21,24H,1-2,6-7,12H2,(H,22,23). The van der Waals surface area contributed by atoms with Gasteiger partial charge in [0.1, 0.15) is 11.9 Å². The molecule has 0 bridgehead atoms. The van der Waals surface area contributed by atoms with E-state index in [1.165, 1.54) is 5.56 Å². The third-order valence-electron chi connectivity index (χ3n) is 4.86. The molecule has 25 heavy (non-hydrogen) atoms. The van der Waals surface area contributed by atoms with E-state index in [1.807, 2.05) is 42.6 Å². The summed E-state index contributed by atoms with van der Waals surface area (Å²) >= 11 is 0. The minimum absolute atomic E-state index is 0.0782. The van der Waals surface area contributed by atoms with Crippen molar-refractivity contribution in [3.8, 4) is 5.75 Å². The van der Waals surface area contributed by atoms with Gasteiger partial charge in [-0.25, -0.2) is 0 Å². The number of H-pyrrole nitrogens is 1. The van der Waals surface area contributed by atoms with Gasteiger partial charge in [0.05, 0.1) is 17.8 Å². The molecular weight excluding hydrogens is 314 g/mol. The van der Waals surface area contributed by atoms with Crippen LogP contribution in [-0.4, -0.2) is 27.5 Å². The molecule has 2 atom stereocenters. The van der Waals surface area contributed by atoms with Gasteiger partial charge in [-0.15, -0.1) is 0 Å². The van der Waals surface area contributed by atoms with Gasteiger partial charge in [-0.05, 0) is 49.1 Å². The van der Waals surface area contributed by atoms with E-state index >= 15 is 0 Å². The minimum Gasteiger partial charge on any atom is -0.488 e. The summed E-state index contributed by atoms with van der Waals surface area (Å²) in [6, 6.07) is 14.1. The van der Waals surface area contributed by atoms with Gasteiger partial charge in [0.2, 0.25) is 0 Å². The van der Waals surface area contributed by atoms with Crippen LogP contribution in [0.3, 0.4) is 0 Å². The molecule has 0 aliphatic heterocycles. The van der Waals surface area contributed by atoms with Crippen molar-refractivity contribution < 1.29 is 9.84 Å². The van der Waals surface area contributed by atoms with Crippen molar-refractivity contribution in [1.29, 1.82) is 0 Å². The maximum atomic E-state index is 10.0. The number of aromatic nitrogens is 2. The Morgan fingerprint density at radius 1 is 1.12 bits per heavy atom. The molecule has 0 amide bonds. The van der Waals surface area contributed by atoms with Crippen LogP contribution < -0.4 is 10.1 Å². The molecule has 1 saturated carbocycles. The lowest BCUT2D eigenvalue weighted by molar-refractivity contribution is 0.00688. The zero-order chi connectivity index (χ0) is 17.1. The van der Waals surface area contributed by atoms with Gasteiger partial charge < -0.3 is 15.2 Å². The first-order chi connectivity index (χ1) is 12.3. The van der Waals surface area contributed by atoms with Crippen LogP contribution in [0.2, 0.25) is 0 Å². The molecule has 1 heterocycles. The second kappa shape index (κ2) is 7.15. The molecule has 1 aromatic heterocycles. The molecule has 4 rings (SSSR count).